The summed E-state index contributed by atoms with van der Waals surface area (Å²) in [6.45, 7) is 15.0. The van der Waals surface area contributed by atoms with Crippen LogP contribution in [-0.4, -0.2) is 17.2 Å². The van der Waals surface area contributed by atoms with E-state index in [0.717, 1.165) is 66.3 Å². The molecule has 1 aromatic rings. The van der Waals surface area contributed by atoms with Crippen LogP contribution < -0.4 is 0 Å². The molecule has 40 heavy (non-hydrogen) atoms. The van der Waals surface area contributed by atoms with Crippen molar-refractivity contribution in [1.82, 2.24) is 0 Å². The molecule has 3 fully saturated rings. The summed E-state index contributed by atoms with van der Waals surface area (Å²) in [5.41, 5.74) is 3.23. The molecule has 0 bridgehead atoms. The van der Waals surface area contributed by atoms with E-state index >= 15 is 0 Å². The Labute approximate surface area is 243 Å². The van der Waals surface area contributed by atoms with Crippen molar-refractivity contribution in [1.29, 1.82) is 0 Å². The minimum absolute atomic E-state index is 0.0216. The van der Waals surface area contributed by atoms with Gasteiger partial charge in [-0.05, 0) is 121 Å². The van der Waals surface area contributed by atoms with E-state index in [1.807, 2.05) is 0 Å². The molecule has 0 saturated heterocycles. The molecule has 0 aromatic heterocycles. The van der Waals surface area contributed by atoms with E-state index in [1.54, 1.807) is 35.9 Å². The first-order chi connectivity index (χ1) is 19.0. The van der Waals surface area contributed by atoms with Gasteiger partial charge in [0.15, 0.2) is 0 Å². The molecule has 0 radical (unpaired) electrons. The molecule has 4 aliphatic rings. The highest BCUT2D eigenvalue weighted by Crippen LogP contribution is 2.67. The summed E-state index contributed by atoms with van der Waals surface area (Å²) in [4.78, 5) is 12.6. The molecule has 0 aliphatic heterocycles. The molecule has 3 saturated carbocycles. The minimum Gasteiger partial charge on any atom is -0.508 e. The van der Waals surface area contributed by atoms with Gasteiger partial charge in [0.2, 0.25) is 0 Å². The number of aromatic hydroxyl groups is 1. The van der Waals surface area contributed by atoms with Gasteiger partial charge in [0, 0.05) is 12.5 Å². The van der Waals surface area contributed by atoms with Crippen LogP contribution in [0.15, 0.2) is 42.0 Å². The fourth-order valence-corrected chi connectivity index (χ4v) is 9.72. The Kier molecular flexibility index (Phi) is 8.61. The summed E-state index contributed by atoms with van der Waals surface area (Å²) < 4.78 is 5.93. The second-order valence-electron chi connectivity index (χ2n) is 15.0. The molecule has 0 heterocycles. The SMILES string of the molecule is CC(C)[C@H](C)CC[C@@H](C)[C@H]1CC[C@H]2[C@@H]3CC=C4C[C@@H](OC(=O)C=Cc5ccc(O)cc5)CC[C@]4(C)[C@H]3CC[C@]12C. The lowest BCUT2D eigenvalue weighted by Crippen LogP contribution is -2.51. The fraction of sp³-hybridized carbons (Fsp3) is 0.703. The van der Waals surface area contributed by atoms with Crippen LogP contribution >= 0.6 is 0 Å². The first-order valence-corrected chi connectivity index (χ1v) is 16.4. The maximum absolute atomic E-state index is 12.6. The fourth-order valence-electron chi connectivity index (χ4n) is 9.72. The lowest BCUT2D eigenvalue weighted by atomic mass is 9.47. The van der Waals surface area contributed by atoms with Crippen LogP contribution in [0.5, 0.6) is 5.75 Å². The zero-order chi connectivity index (χ0) is 28.7. The number of hydrogen-bond donors (Lipinski definition) is 1. The third kappa shape index (κ3) is 5.68. The Morgan fingerprint density at radius 1 is 1.00 bits per heavy atom. The summed E-state index contributed by atoms with van der Waals surface area (Å²) in [6.07, 6.45) is 18.5. The van der Waals surface area contributed by atoms with Gasteiger partial charge < -0.3 is 9.84 Å². The zero-order valence-electron chi connectivity index (χ0n) is 26.0. The molecule has 9 atom stereocenters. The molecule has 0 amide bonds. The summed E-state index contributed by atoms with van der Waals surface area (Å²) in [5.74, 6) is 5.79. The zero-order valence-corrected chi connectivity index (χ0v) is 26.0. The molecule has 0 spiro atoms. The number of esters is 1. The van der Waals surface area contributed by atoms with E-state index in [9.17, 15) is 9.90 Å². The predicted octanol–water partition coefficient (Wildman–Crippen LogP) is 9.60. The molecule has 5 rings (SSSR count). The molecular formula is C37H54O3. The molecule has 220 valence electrons. The molecule has 4 aliphatic carbocycles. The van der Waals surface area contributed by atoms with Crippen molar-refractivity contribution in [2.24, 2.45) is 52.3 Å². The van der Waals surface area contributed by atoms with Gasteiger partial charge in [0.05, 0.1) is 0 Å². The highest BCUT2D eigenvalue weighted by molar-refractivity contribution is 5.87. The van der Waals surface area contributed by atoms with E-state index in [-0.39, 0.29) is 23.2 Å². The van der Waals surface area contributed by atoms with Crippen LogP contribution in [0.2, 0.25) is 0 Å². The van der Waals surface area contributed by atoms with Gasteiger partial charge in [-0.3, -0.25) is 0 Å². The number of ether oxygens (including phenoxy) is 1. The van der Waals surface area contributed by atoms with Crippen molar-refractivity contribution in [3.05, 3.63) is 47.6 Å². The average Bonchev–Trinajstić information content (AvgIpc) is 3.28. The van der Waals surface area contributed by atoms with Crippen molar-refractivity contribution >= 4 is 12.0 Å². The number of allylic oxidation sites excluding steroid dienone is 1. The molecule has 0 unspecified atom stereocenters. The van der Waals surface area contributed by atoms with Gasteiger partial charge in [-0.1, -0.05) is 78.2 Å². The summed E-state index contributed by atoms with van der Waals surface area (Å²) in [5, 5.41) is 9.46. The lowest BCUT2D eigenvalue weighted by molar-refractivity contribution is -0.145. The third-order valence-electron chi connectivity index (χ3n) is 12.6. The van der Waals surface area contributed by atoms with Gasteiger partial charge in [0.25, 0.3) is 0 Å². The number of hydrogen-bond acceptors (Lipinski definition) is 3. The van der Waals surface area contributed by atoms with Crippen LogP contribution in [0.25, 0.3) is 6.08 Å². The molecule has 1 aromatic carbocycles. The smallest absolute Gasteiger partial charge is 0.331 e. The van der Waals surface area contributed by atoms with E-state index in [0.29, 0.717) is 5.41 Å². The van der Waals surface area contributed by atoms with Gasteiger partial charge in [-0.2, -0.15) is 0 Å². The van der Waals surface area contributed by atoms with E-state index in [2.05, 4.69) is 47.6 Å². The van der Waals surface area contributed by atoms with Gasteiger partial charge in [-0.15, -0.1) is 0 Å². The number of phenols is 1. The molecule has 3 heteroatoms. The van der Waals surface area contributed by atoms with Crippen molar-refractivity contribution in [3.63, 3.8) is 0 Å². The third-order valence-corrected chi connectivity index (χ3v) is 12.6. The van der Waals surface area contributed by atoms with Crippen molar-refractivity contribution in [3.8, 4) is 5.75 Å². The van der Waals surface area contributed by atoms with Crippen LogP contribution in [0.1, 0.15) is 111 Å². The Bertz CT molecular complexity index is 1100. The highest BCUT2D eigenvalue weighted by Gasteiger charge is 2.59. The average molecular weight is 547 g/mol. The number of phenolic OH excluding ortho intramolecular Hbond substituents is 1. The number of carbonyl (C=O) groups is 1. The Balaban J connectivity index is 1.21. The Morgan fingerprint density at radius 2 is 1.75 bits per heavy atom. The van der Waals surface area contributed by atoms with Gasteiger partial charge in [-0.25, -0.2) is 4.79 Å². The maximum atomic E-state index is 12.6. The van der Waals surface area contributed by atoms with Gasteiger partial charge >= 0.3 is 5.97 Å². The molecule has 3 nitrogen and oxygen atoms in total. The lowest BCUT2D eigenvalue weighted by Gasteiger charge is -2.58. The topological polar surface area (TPSA) is 46.5 Å². The predicted molar refractivity (Wildman–Crippen MR) is 165 cm³/mol. The summed E-state index contributed by atoms with van der Waals surface area (Å²) in [6, 6.07) is 6.85. The second kappa shape index (κ2) is 11.7. The van der Waals surface area contributed by atoms with Gasteiger partial charge in [0.1, 0.15) is 11.9 Å². The Hall–Kier alpha value is -2.03. The summed E-state index contributed by atoms with van der Waals surface area (Å²) in [7, 11) is 0. The van der Waals surface area contributed by atoms with Crippen LogP contribution in [-0.2, 0) is 9.53 Å². The minimum atomic E-state index is -0.265. The first-order valence-electron chi connectivity index (χ1n) is 16.4. The molecule has 1 N–H and O–H groups in total. The Morgan fingerprint density at radius 3 is 2.48 bits per heavy atom. The standard InChI is InChI=1S/C37H54O3/c1-24(2)25(3)7-8-26(4)32-16-17-33-31-15-12-28-23-30(19-21-36(28,5)34(31)20-22-37(32,33)6)40-35(39)18-11-27-9-13-29(38)14-10-27/h9-14,18,24-26,30-34,38H,7-8,15-17,19-23H2,1-6H3/t25-,26-,30+,31+,32-,33+,34+,36+,37-/m1/s1. The largest absolute Gasteiger partial charge is 0.508 e. The maximum Gasteiger partial charge on any atom is 0.331 e. The van der Waals surface area contributed by atoms with Crippen molar-refractivity contribution in [2.75, 3.05) is 0 Å². The van der Waals surface area contributed by atoms with Crippen LogP contribution in [0.3, 0.4) is 0 Å². The highest BCUT2D eigenvalue weighted by atomic mass is 16.5. The normalized spacial score (nSPS) is 36.9. The van der Waals surface area contributed by atoms with Crippen molar-refractivity contribution in [2.45, 2.75) is 112 Å². The van der Waals surface area contributed by atoms with E-state index in [4.69, 9.17) is 4.74 Å². The number of carbonyl (C=O) groups excluding carboxylic acids is 1. The number of benzene rings is 1. The van der Waals surface area contributed by atoms with Crippen LogP contribution in [0.4, 0.5) is 0 Å². The number of fused-ring (bicyclic) bond motifs is 5. The van der Waals surface area contributed by atoms with Crippen LogP contribution in [0, 0.1) is 52.3 Å². The summed E-state index contributed by atoms with van der Waals surface area (Å²) >= 11 is 0. The molecular weight excluding hydrogens is 492 g/mol. The van der Waals surface area contributed by atoms with E-state index in [1.165, 1.54) is 51.0 Å². The number of rotatable bonds is 8. The van der Waals surface area contributed by atoms with E-state index < -0.39 is 0 Å². The first kappa shape index (κ1) is 29.5. The van der Waals surface area contributed by atoms with Crippen molar-refractivity contribution < 1.29 is 14.6 Å². The quantitative estimate of drug-likeness (QED) is 0.201. The monoisotopic (exact) mass is 546 g/mol. The second-order valence-corrected chi connectivity index (χ2v) is 15.0.